The molecule has 0 radical (unpaired) electrons. The summed E-state index contributed by atoms with van der Waals surface area (Å²) in [4.78, 5) is 43.6. The number of anilines is 1. The molecule has 0 saturated heterocycles. The van der Waals surface area contributed by atoms with Crippen molar-refractivity contribution in [2.75, 3.05) is 5.32 Å². The second-order valence-electron chi connectivity index (χ2n) is 12.7. The molecule has 0 spiro atoms. The van der Waals surface area contributed by atoms with E-state index in [0.717, 1.165) is 46.7 Å². The first kappa shape index (κ1) is 31.1. The molecule has 3 atom stereocenters. The van der Waals surface area contributed by atoms with E-state index < -0.39 is 23.8 Å². The summed E-state index contributed by atoms with van der Waals surface area (Å²) in [6.45, 7) is 13.3. The lowest BCUT2D eigenvalue weighted by Gasteiger charge is -2.44. The smallest absolute Gasteiger partial charge is 0.408 e. The summed E-state index contributed by atoms with van der Waals surface area (Å²) in [5.74, 6) is -0.714. The summed E-state index contributed by atoms with van der Waals surface area (Å²) in [7, 11) is 0. The Labute approximate surface area is 250 Å². The number of aryl methyl sites for hydroxylation is 2. The number of carbonyl (C=O) groups is 3. The molecule has 224 valence electrons. The molecule has 2 N–H and O–H groups in total. The number of ether oxygens (including phenoxy) is 1. The summed E-state index contributed by atoms with van der Waals surface area (Å²) in [6.07, 6.45) is 2.61. The average molecular weight is 572 g/mol. The van der Waals surface area contributed by atoms with Gasteiger partial charge in [0.1, 0.15) is 17.7 Å². The van der Waals surface area contributed by atoms with Gasteiger partial charge in [0, 0.05) is 11.7 Å². The van der Waals surface area contributed by atoms with Gasteiger partial charge in [0.2, 0.25) is 5.91 Å². The molecule has 0 heterocycles. The first-order valence-corrected chi connectivity index (χ1v) is 15.1. The summed E-state index contributed by atoms with van der Waals surface area (Å²) < 4.78 is 5.54. The standard InChI is InChI=1S/C35H45N3O4/c1-8-23(3)30(37-34(41)42-35(5,6)7)33(40)38(28-14-11-15-28)31(29-20-22(2)16-17-24(29)4)32(39)36-27-19-18-25-12-9-10-13-26(25)21-27/h9-10,12-13,16-21,23,28,30-31H,8,11,14-15H2,1-7H3,(H,36,39)(H,37,41). The van der Waals surface area contributed by atoms with Gasteiger partial charge in [-0.15, -0.1) is 0 Å². The van der Waals surface area contributed by atoms with Gasteiger partial charge >= 0.3 is 6.09 Å². The number of alkyl carbamates (subject to hydrolysis) is 1. The zero-order chi connectivity index (χ0) is 30.6. The zero-order valence-corrected chi connectivity index (χ0v) is 26.0. The molecule has 3 unspecified atom stereocenters. The highest BCUT2D eigenvalue weighted by atomic mass is 16.6. The van der Waals surface area contributed by atoms with E-state index in [2.05, 4.69) is 10.6 Å². The van der Waals surface area contributed by atoms with E-state index in [1.807, 2.05) is 88.4 Å². The van der Waals surface area contributed by atoms with Crippen LogP contribution in [0.3, 0.4) is 0 Å². The third kappa shape index (κ3) is 7.30. The van der Waals surface area contributed by atoms with Gasteiger partial charge in [-0.05, 0) is 93.8 Å². The molecule has 1 saturated carbocycles. The molecule has 0 bridgehead atoms. The SMILES string of the molecule is CCC(C)C(NC(=O)OC(C)(C)C)C(=O)N(C1CCC1)C(C(=O)Nc1ccc2ccccc2c1)c1cc(C)ccc1C. The molecule has 4 rings (SSSR count). The minimum atomic E-state index is -0.874. The fourth-order valence-electron chi connectivity index (χ4n) is 5.41. The van der Waals surface area contributed by atoms with Gasteiger partial charge in [0.15, 0.2) is 0 Å². The van der Waals surface area contributed by atoms with Crippen LogP contribution in [0.15, 0.2) is 60.7 Å². The van der Waals surface area contributed by atoms with Crippen molar-refractivity contribution in [2.24, 2.45) is 5.92 Å². The fraction of sp³-hybridized carbons (Fsp3) is 0.457. The van der Waals surface area contributed by atoms with Crippen molar-refractivity contribution in [1.82, 2.24) is 10.2 Å². The van der Waals surface area contributed by atoms with Gasteiger partial charge in [0.25, 0.3) is 5.91 Å². The van der Waals surface area contributed by atoms with Gasteiger partial charge in [-0.2, -0.15) is 0 Å². The molecular formula is C35H45N3O4. The van der Waals surface area contributed by atoms with Crippen molar-refractivity contribution in [3.8, 4) is 0 Å². The molecule has 3 amide bonds. The van der Waals surface area contributed by atoms with E-state index >= 15 is 0 Å². The van der Waals surface area contributed by atoms with Gasteiger partial charge in [-0.3, -0.25) is 9.59 Å². The maximum Gasteiger partial charge on any atom is 0.408 e. The van der Waals surface area contributed by atoms with E-state index in [-0.39, 0.29) is 23.8 Å². The summed E-state index contributed by atoms with van der Waals surface area (Å²) in [5.41, 5.74) is 2.68. The number of nitrogens with zero attached hydrogens (tertiary/aromatic N) is 1. The van der Waals surface area contributed by atoms with Crippen molar-refractivity contribution in [3.05, 3.63) is 77.4 Å². The van der Waals surface area contributed by atoms with Gasteiger partial charge < -0.3 is 20.3 Å². The second kappa shape index (κ2) is 13.0. The minimum absolute atomic E-state index is 0.114. The highest BCUT2D eigenvalue weighted by molar-refractivity contribution is 6.00. The lowest BCUT2D eigenvalue weighted by atomic mass is 9.86. The largest absolute Gasteiger partial charge is 0.444 e. The molecule has 1 aliphatic carbocycles. The van der Waals surface area contributed by atoms with Gasteiger partial charge in [-0.25, -0.2) is 4.79 Å². The van der Waals surface area contributed by atoms with Crippen LogP contribution in [-0.4, -0.2) is 40.5 Å². The van der Waals surface area contributed by atoms with Crippen molar-refractivity contribution in [3.63, 3.8) is 0 Å². The Morgan fingerprint density at radius 3 is 2.29 bits per heavy atom. The number of amides is 3. The molecule has 1 fully saturated rings. The van der Waals surface area contributed by atoms with Crippen molar-refractivity contribution >= 4 is 34.4 Å². The van der Waals surface area contributed by atoms with E-state index in [1.165, 1.54) is 0 Å². The molecule has 0 aromatic heterocycles. The quantitative estimate of drug-likeness (QED) is 0.279. The maximum atomic E-state index is 14.6. The third-order valence-corrected chi connectivity index (χ3v) is 8.15. The Morgan fingerprint density at radius 2 is 1.67 bits per heavy atom. The Hall–Kier alpha value is -3.87. The van der Waals surface area contributed by atoms with Crippen molar-refractivity contribution in [2.45, 2.75) is 97.9 Å². The molecule has 7 nitrogen and oxygen atoms in total. The average Bonchev–Trinajstić information content (AvgIpc) is 2.90. The lowest BCUT2D eigenvalue weighted by Crippen LogP contribution is -2.58. The van der Waals surface area contributed by atoms with E-state index in [4.69, 9.17) is 4.74 Å². The summed E-state index contributed by atoms with van der Waals surface area (Å²) in [6, 6.07) is 18.0. The predicted molar refractivity (Wildman–Crippen MR) is 168 cm³/mol. The Balaban J connectivity index is 1.76. The normalized spacial score (nSPS) is 15.7. The van der Waals surface area contributed by atoms with Crippen LogP contribution in [0.4, 0.5) is 10.5 Å². The molecule has 3 aromatic rings. The van der Waals surface area contributed by atoms with E-state index in [1.54, 1.807) is 25.7 Å². The zero-order valence-electron chi connectivity index (χ0n) is 26.0. The topological polar surface area (TPSA) is 87.7 Å². The molecule has 1 aliphatic rings. The second-order valence-corrected chi connectivity index (χ2v) is 12.7. The Morgan fingerprint density at radius 1 is 0.976 bits per heavy atom. The van der Waals surface area contributed by atoms with Crippen LogP contribution in [0.1, 0.15) is 83.0 Å². The van der Waals surface area contributed by atoms with Crippen molar-refractivity contribution in [1.29, 1.82) is 0 Å². The number of benzene rings is 3. The van der Waals surface area contributed by atoms with Crippen LogP contribution in [0.25, 0.3) is 10.8 Å². The number of carbonyl (C=O) groups excluding carboxylic acids is 3. The highest BCUT2D eigenvalue weighted by Gasteiger charge is 2.43. The monoisotopic (exact) mass is 571 g/mol. The van der Waals surface area contributed by atoms with E-state index in [0.29, 0.717) is 12.1 Å². The Bertz CT molecular complexity index is 1440. The lowest BCUT2D eigenvalue weighted by molar-refractivity contribution is -0.147. The summed E-state index contributed by atoms with van der Waals surface area (Å²) >= 11 is 0. The number of hydrogen-bond donors (Lipinski definition) is 2. The van der Waals surface area contributed by atoms with E-state index in [9.17, 15) is 14.4 Å². The van der Waals surface area contributed by atoms with Crippen molar-refractivity contribution < 1.29 is 19.1 Å². The third-order valence-electron chi connectivity index (χ3n) is 8.15. The number of hydrogen-bond acceptors (Lipinski definition) is 4. The van der Waals surface area contributed by atoms with Crippen LogP contribution < -0.4 is 10.6 Å². The minimum Gasteiger partial charge on any atom is -0.444 e. The van der Waals surface area contributed by atoms with Crippen LogP contribution in [-0.2, 0) is 14.3 Å². The highest BCUT2D eigenvalue weighted by Crippen LogP contribution is 2.36. The fourth-order valence-corrected chi connectivity index (χ4v) is 5.41. The molecular weight excluding hydrogens is 526 g/mol. The summed E-state index contributed by atoms with van der Waals surface area (Å²) in [5, 5.41) is 8.09. The van der Waals surface area contributed by atoms with Crippen LogP contribution in [0, 0.1) is 19.8 Å². The first-order chi connectivity index (χ1) is 19.9. The Kier molecular flexibility index (Phi) is 9.60. The molecule has 3 aromatic carbocycles. The van der Waals surface area contributed by atoms with Crippen LogP contribution in [0.5, 0.6) is 0 Å². The number of nitrogens with one attached hydrogen (secondary N) is 2. The number of fused-ring (bicyclic) bond motifs is 1. The van der Waals surface area contributed by atoms with Gasteiger partial charge in [0.05, 0.1) is 0 Å². The molecule has 7 heteroatoms. The molecule has 42 heavy (non-hydrogen) atoms. The van der Waals surface area contributed by atoms with Crippen LogP contribution in [0.2, 0.25) is 0 Å². The maximum absolute atomic E-state index is 14.6. The molecule has 0 aliphatic heterocycles. The number of rotatable bonds is 9. The first-order valence-electron chi connectivity index (χ1n) is 15.1. The predicted octanol–water partition coefficient (Wildman–Crippen LogP) is 7.46. The van der Waals surface area contributed by atoms with Crippen LogP contribution >= 0.6 is 0 Å². The van der Waals surface area contributed by atoms with Gasteiger partial charge in [-0.1, -0.05) is 74.4 Å².